The number of hydrogen-bond acceptors (Lipinski definition) is 4. The van der Waals surface area contributed by atoms with Gasteiger partial charge in [-0.2, -0.15) is 0 Å². The molecule has 0 atom stereocenters. The standard InChI is InChI=1S/C16H26N4O.2ClH/c1-17-8-2-3-16(21)19-15-6-11-20(12-7-15)13-14-4-9-18-10-5-14;;/h4-5,9-10,15,17H,2-3,6-8,11-13H2,1H3,(H,19,21);2*1H. The quantitative estimate of drug-likeness (QED) is 0.728. The van der Waals surface area contributed by atoms with Gasteiger partial charge in [0.1, 0.15) is 0 Å². The summed E-state index contributed by atoms with van der Waals surface area (Å²) in [5, 5.41) is 6.22. The van der Waals surface area contributed by atoms with Crippen molar-refractivity contribution in [3.63, 3.8) is 0 Å². The molecule has 7 heteroatoms. The van der Waals surface area contributed by atoms with Crippen molar-refractivity contribution >= 4 is 30.7 Å². The zero-order valence-corrected chi connectivity index (χ0v) is 15.3. The first-order valence-electron chi connectivity index (χ1n) is 7.83. The Morgan fingerprint density at radius 3 is 2.52 bits per heavy atom. The fraction of sp³-hybridized carbons (Fsp3) is 0.625. The van der Waals surface area contributed by atoms with E-state index in [1.54, 1.807) is 0 Å². The van der Waals surface area contributed by atoms with E-state index in [0.717, 1.165) is 45.4 Å². The van der Waals surface area contributed by atoms with Crippen molar-refractivity contribution in [2.75, 3.05) is 26.7 Å². The number of halogens is 2. The van der Waals surface area contributed by atoms with E-state index in [-0.39, 0.29) is 30.7 Å². The van der Waals surface area contributed by atoms with Crippen molar-refractivity contribution in [2.24, 2.45) is 0 Å². The Kier molecular flexibility index (Phi) is 12.1. The number of aromatic nitrogens is 1. The van der Waals surface area contributed by atoms with E-state index in [1.165, 1.54) is 5.56 Å². The Labute approximate surface area is 151 Å². The van der Waals surface area contributed by atoms with E-state index in [4.69, 9.17) is 0 Å². The minimum absolute atomic E-state index is 0. The van der Waals surface area contributed by atoms with Gasteiger partial charge in [0.25, 0.3) is 0 Å². The molecule has 5 nitrogen and oxygen atoms in total. The summed E-state index contributed by atoms with van der Waals surface area (Å²) < 4.78 is 0. The van der Waals surface area contributed by atoms with Gasteiger partial charge in [-0.3, -0.25) is 14.7 Å². The van der Waals surface area contributed by atoms with Crippen LogP contribution in [0.2, 0.25) is 0 Å². The summed E-state index contributed by atoms with van der Waals surface area (Å²) in [6.45, 7) is 3.97. The Morgan fingerprint density at radius 2 is 1.91 bits per heavy atom. The lowest BCUT2D eigenvalue weighted by atomic mass is 10.0. The monoisotopic (exact) mass is 362 g/mol. The van der Waals surface area contributed by atoms with Gasteiger partial charge in [-0.05, 0) is 50.6 Å². The topological polar surface area (TPSA) is 57.3 Å². The highest BCUT2D eigenvalue weighted by Crippen LogP contribution is 2.13. The SMILES string of the molecule is CNCCCC(=O)NC1CCN(Cc2ccncc2)CC1.Cl.Cl. The Balaban J connectivity index is 0.00000242. The number of pyridine rings is 1. The van der Waals surface area contributed by atoms with E-state index in [9.17, 15) is 4.79 Å². The van der Waals surface area contributed by atoms with E-state index in [0.29, 0.717) is 12.5 Å². The number of hydrogen-bond donors (Lipinski definition) is 2. The molecule has 0 unspecified atom stereocenters. The van der Waals surface area contributed by atoms with Crippen molar-refractivity contribution in [2.45, 2.75) is 38.3 Å². The van der Waals surface area contributed by atoms with Crippen LogP contribution < -0.4 is 10.6 Å². The minimum atomic E-state index is 0. The molecule has 1 amide bonds. The van der Waals surface area contributed by atoms with Crippen molar-refractivity contribution < 1.29 is 4.79 Å². The molecule has 1 aromatic rings. The molecule has 0 spiro atoms. The Bertz CT molecular complexity index is 425. The van der Waals surface area contributed by atoms with Gasteiger partial charge in [0, 0.05) is 44.5 Å². The van der Waals surface area contributed by atoms with Crippen LogP contribution in [-0.2, 0) is 11.3 Å². The maximum atomic E-state index is 11.8. The molecule has 2 heterocycles. The summed E-state index contributed by atoms with van der Waals surface area (Å²) in [6, 6.07) is 4.48. The second-order valence-electron chi connectivity index (χ2n) is 5.68. The van der Waals surface area contributed by atoms with Gasteiger partial charge in [-0.15, -0.1) is 24.8 Å². The number of piperidine rings is 1. The summed E-state index contributed by atoms with van der Waals surface area (Å²) in [5.41, 5.74) is 1.31. The lowest BCUT2D eigenvalue weighted by Crippen LogP contribution is -2.44. The van der Waals surface area contributed by atoms with Gasteiger partial charge in [-0.25, -0.2) is 0 Å². The third-order valence-electron chi connectivity index (χ3n) is 3.94. The van der Waals surface area contributed by atoms with Crippen molar-refractivity contribution in [1.29, 1.82) is 0 Å². The molecular formula is C16H28Cl2N4O. The van der Waals surface area contributed by atoms with E-state index < -0.39 is 0 Å². The molecule has 0 aliphatic carbocycles. The number of likely N-dealkylation sites (tertiary alicyclic amines) is 1. The lowest BCUT2D eigenvalue weighted by Gasteiger charge is -2.32. The number of nitrogens with zero attached hydrogens (tertiary/aromatic N) is 2. The fourth-order valence-corrected chi connectivity index (χ4v) is 2.71. The second-order valence-corrected chi connectivity index (χ2v) is 5.68. The summed E-state index contributed by atoms with van der Waals surface area (Å²) in [7, 11) is 1.91. The lowest BCUT2D eigenvalue weighted by molar-refractivity contribution is -0.122. The molecule has 1 aliphatic heterocycles. The molecular weight excluding hydrogens is 335 g/mol. The first-order valence-corrected chi connectivity index (χ1v) is 7.83. The summed E-state index contributed by atoms with van der Waals surface area (Å²) >= 11 is 0. The van der Waals surface area contributed by atoms with Gasteiger partial charge in [0.2, 0.25) is 5.91 Å². The summed E-state index contributed by atoms with van der Waals surface area (Å²) in [6.07, 6.45) is 7.30. The van der Waals surface area contributed by atoms with Gasteiger partial charge in [0.05, 0.1) is 0 Å². The highest BCUT2D eigenvalue weighted by molar-refractivity contribution is 5.85. The third-order valence-corrected chi connectivity index (χ3v) is 3.94. The van der Waals surface area contributed by atoms with E-state index in [1.807, 2.05) is 19.4 Å². The molecule has 0 bridgehead atoms. The highest BCUT2D eigenvalue weighted by Gasteiger charge is 2.20. The predicted molar refractivity (Wildman–Crippen MR) is 98.3 cm³/mol. The van der Waals surface area contributed by atoms with Crippen molar-refractivity contribution in [3.05, 3.63) is 30.1 Å². The molecule has 1 aliphatic rings. The maximum Gasteiger partial charge on any atom is 0.220 e. The predicted octanol–water partition coefficient (Wildman–Crippen LogP) is 2.01. The van der Waals surface area contributed by atoms with Gasteiger partial charge < -0.3 is 10.6 Å². The van der Waals surface area contributed by atoms with Crippen molar-refractivity contribution in [3.8, 4) is 0 Å². The average molecular weight is 363 g/mol. The summed E-state index contributed by atoms with van der Waals surface area (Å²) in [4.78, 5) is 18.3. The molecule has 0 aromatic carbocycles. The molecule has 1 fully saturated rings. The summed E-state index contributed by atoms with van der Waals surface area (Å²) in [5.74, 6) is 0.192. The molecule has 2 rings (SSSR count). The van der Waals surface area contributed by atoms with Crippen LogP contribution in [0.15, 0.2) is 24.5 Å². The first kappa shape index (κ1) is 22.1. The molecule has 132 valence electrons. The van der Waals surface area contributed by atoms with Crippen molar-refractivity contribution in [1.82, 2.24) is 20.5 Å². The second kappa shape index (κ2) is 12.5. The molecule has 0 radical (unpaired) electrons. The first-order chi connectivity index (χ1) is 10.3. The molecule has 2 N–H and O–H groups in total. The maximum absolute atomic E-state index is 11.8. The van der Waals surface area contributed by atoms with Crippen LogP contribution >= 0.6 is 24.8 Å². The van der Waals surface area contributed by atoms with Crippen LogP contribution in [0, 0.1) is 0 Å². The van der Waals surface area contributed by atoms with E-state index in [2.05, 4.69) is 32.7 Å². The van der Waals surface area contributed by atoms with Crippen LogP contribution in [0.5, 0.6) is 0 Å². The van der Waals surface area contributed by atoms with Crippen LogP contribution in [0.25, 0.3) is 0 Å². The Hall–Kier alpha value is -0.880. The van der Waals surface area contributed by atoms with Crippen LogP contribution in [0.4, 0.5) is 0 Å². The van der Waals surface area contributed by atoms with Crippen LogP contribution in [0.3, 0.4) is 0 Å². The third kappa shape index (κ3) is 8.51. The normalized spacial score (nSPS) is 15.3. The van der Waals surface area contributed by atoms with Crippen LogP contribution in [0.1, 0.15) is 31.2 Å². The number of rotatable bonds is 7. The van der Waals surface area contributed by atoms with Gasteiger partial charge in [-0.1, -0.05) is 0 Å². The largest absolute Gasteiger partial charge is 0.353 e. The van der Waals surface area contributed by atoms with Gasteiger partial charge in [0.15, 0.2) is 0 Å². The van der Waals surface area contributed by atoms with E-state index >= 15 is 0 Å². The molecule has 1 aromatic heterocycles. The number of carbonyl (C=O) groups excluding carboxylic acids is 1. The molecule has 1 saturated heterocycles. The van der Waals surface area contributed by atoms with Gasteiger partial charge >= 0.3 is 0 Å². The minimum Gasteiger partial charge on any atom is -0.353 e. The zero-order valence-electron chi connectivity index (χ0n) is 13.7. The zero-order chi connectivity index (χ0) is 14.9. The average Bonchev–Trinajstić information content (AvgIpc) is 2.51. The number of carbonyl (C=O) groups is 1. The number of nitrogens with one attached hydrogen (secondary N) is 2. The number of amides is 1. The Morgan fingerprint density at radius 1 is 1.26 bits per heavy atom. The van der Waals surface area contributed by atoms with Crippen LogP contribution in [-0.4, -0.2) is 48.5 Å². The fourth-order valence-electron chi connectivity index (χ4n) is 2.71. The smallest absolute Gasteiger partial charge is 0.220 e. The highest BCUT2D eigenvalue weighted by atomic mass is 35.5. The molecule has 0 saturated carbocycles. The molecule has 23 heavy (non-hydrogen) atoms.